The average molecular weight is 523 g/mol. The molecule has 5 nitrogen and oxygen atoms in total. The molecule has 3 aromatic rings. The van der Waals surface area contributed by atoms with Gasteiger partial charge >= 0.3 is 0 Å². The first-order valence-electron chi connectivity index (χ1n) is 13.3. The van der Waals surface area contributed by atoms with Gasteiger partial charge in [-0.1, -0.05) is 83.2 Å². The summed E-state index contributed by atoms with van der Waals surface area (Å²) in [4.78, 5) is 19.2. The van der Waals surface area contributed by atoms with Gasteiger partial charge in [-0.2, -0.15) is 0 Å². The Hall–Kier alpha value is -2.99. The summed E-state index contributed by atoms with van der Waals surface area (Å²) in [5, 5.41) is 0. The fourth-order valence-electron chi connectivity index (χ4n) is 4.83. The second-order valence-electron chi connectivity index (χ2n) is 9.84. The molecule has 37 heavy (non-hydrogen) atoms. The predicted molar refractivity (Wildman–Crippen MR) is 154 cm³/mol. The van der Waals surface area contributed by atoms with Gasteiger partial charge in [0.25, 0.3) is 5.91 Å². The maximum absolute atomic E-state index is 12.7. The molecule has 1 saturated carbocycles. The van der Waals surface area contributed by atoms with Crippen molar-refractivity contribution in [1.29, 1.82) is 0 Å². The second kappa shape index (κ2) is 13.0. The van der Waals surface area contributed by atoms with Crippen LogP contribution in [0.5, 0.6) is 0 Å². The van der Waals surface area contributed by atoms with E-state index in [-0.39, 0.29) is 7.33 Å². The first kappa shape index (κ1) is 28.6. The fourth-order valence-corrected chi connectivity index (χ4v) is 5.46. The third-order valence-electron chi connectivity index (χ3n) is 6.95. The maximum atomic E-state index is 12.7. The topological polar surface area (TPSA) is 67.3 Å². The van der Waals surface area contributed by atoms with Crippen molar-refractivity contribution >= 4 is 21.4 Å². The van der Waals surface area contributed by atoms with Gasteiger partial charge in [0.2, 0.25) is 0 Å². The molecule has 0 spiro atoms. The van der Waals surface area contributed by atoms with E-state index in [9.17, 15) is 13.2 Å². The Labute approximate surface area is 224 Å². The Bertz CT molecular complexity index is 1300. The number of nitrogens with zero attached hydrogens (tertiary/aromatic N) is 2. The van der Waals surface area contributed by atoms with Gasteiger partial charge in [0.15, 0.2) is 9.84 Å². The van der Waals surface area contributed by atoms with Crippen LogP contribution in [0.2, 0.25) is 0 Å². The first-order chi connectivity index (χ1) is 17.7. The zero-order chi connectivity index (χ0) is 27.0. The van der Waals surface area contributed by atoms with Crippen LogP contribution < -0.4 is 4.90 Å². The summed E-state index contributed by atoms with van der Waals surface area (Å²) in [7, 11) is -1.43. The van der Waals surface area contributed by atoms with E-state index in [0.29, 0.717) is 17.7 Å². The summed E-state index contributed by atoms with van der Waals surface area (Å²) >= 11 is 0. The number of aromatic nitrogens is 1. The number of benzene rings is 2. The van der Waals surface area contributed by atoms with Gasteiger partial charge in [-0.3, -0.25) is 9.78 Å². The van der Waals surface area contributed by atoms with Crippen LogP contribution in [0.15, 0.2) is 65.7 Å². The van der Waals surface area contributed by atoms with Crippen LogP contribution >= 0.6 is 0 Å². The quantitative estimate of drug-likeness (QED) is 0.367. The number of hydrogen-bond acceptors (Lipinski definition) is 4. The zero-order valence-corrected chi connectivity index (χ0v) is 23.6. The molecule has 1 amide bonds. The van der Waals surface area contributed by atoms with Crippen molar-refractivity contribution in [3.63, 3.8) is 0 Å². The van der Waals surface area contributed by atoms with Crippen molar-refractivity contribution in [3.05, 3.63) is 88.7 Å². The van der Waals surface area contributed by atoms with Gasteiger partial charge in [0.1, 0.15) is 0 Å². The molecule has 6 heteroatoms. The first-order valence-corrected chi connectivity index (χ1v) is 15.2. The lowest BCUT2D eigenvalue weighted by molar-refractivity contribution is 0.0993. The number of pyridine rings is 1. The summed E-state index contributed by atoms with van der Waals surface area (Å²) < 4.78 is 23.2. The number of fused-ring (bicyclic) bond motifs is 2. The molecule has 2 aromatic carbocycles. The van der Waals surface area contributed by atoms with Gasteiger partial charge < -0.3 is 4.90 Å². The highest BCUT2D eigenvalue weighted by Gasteiger charge is 2.24. The van der Waals surface area contributed by atoms with Gasteiger partial charge in [0.05, 0.1) is 16.8 Å². The lowest BCUT2D eigenvalue weighted by Gasteiger charge is -2.18. The molecule has 200 valence electrons. The van der Waals surface area contributed by atoms with E-state index in [4.69, 9.17) is 0 Å². The summed E-state index contributed by atoms with van der Waals surface area (Å²) in [5.41, 5.74) is 5.46. The van der Waals surface area contributed by atoms with Crippen molar-refractivity contribution in [3.8, 4) is 0 Å². The highest BCUT2D eigenvalue weighted by atomic mass is 32.2. The van der Waals surface area contributed by atoms with Gasteiger partial charge in [-0.25, -0.2) is 8.42 Å². The van der Waals surface area contributed by atoms with Crippen molar-refractivity contribution < 1.29 is 14.6 Å². The average Bonchev–Trinajstić information content (AvgIpc) is 3.00. The van der Waals surface area contributed by atoms with E-state index in [2.05, 4.69) is 11.9 Å². The van der Waals surface area contributed by atoms with E-state index in [1.54, 1.807) is 30.3 Å². The Morgan fingerprint density at radius 1 is 0.973 bits per heavy atom. The minimum Gasteiger partial charge on any atom is -0.310 e. The van der Waals surface area contributed by atoms with Gasteiger partial charge in [0, 0.05) is 38.8 Å². The number of sulfone groups is 1. The van der Waals surface area contributed by atoms with E-state index in [1.807, 2.05) is 56.3 Å². The predicted octanol–water partition coefficient (Wildman–Crippen LogP) is 7.12. The smallest absolute Gasteiger partial charge is 0.258 e. The molecule has 5 rings (SSSR count). The lowest BCUT2D eigenvalue weighted by atomic mass is 9.91. The molecule has 1 fully saturated rings. The van der Waals surface area contributed by atoms with Crippen molar-refractivity contribution in [2.75, 3.05) is 18.2 Å². The Balaban J connectivity index is 0.000000436. The molecular weight excluding hydrogens is 480 g/mol. The molecule has 2 heterocycles. The standard InChI is InChI=1S/C22H20N2O3S.C7H14.C2H6.H2/c1-24-21-14-23-18(11-15-7-9-19(10-8-15)28(2,26)27)13-17(21)12-16-5-3-4-6-20(16)22(24)25;1-7-5-3-2-4-6-7;1-2;/h3-10,13-14H,11-12H2,1-2H3;7H,2-6H2,1H3;1-2H3;1H. The van der Waals surface area contributed by atoms with Crippen LogP contribution in [0.3, 0.4) is 0 Å². The minimum absolute atomic E-state index is 0. The number of carbonyl (C=O) groups excluding carboxylic acids is 1. The van der Waals surface area contributed by atoms with Crippen LogP contribution in [0.25, 0.3) is 0 Å². The molecule has 2 aliphatic rings. The molecule has 0 saturated heterocycles. The summed E-state index contributed by atoms with van der Waals surface area (Å²) in [5.74, 6) is 1.01. The van der Waals surface area contributed by atoms with Gasteiger partial charge in [-0.15, -0.1) is 0 Å². The summed E-state index contributed by atoms with van der Waals surface area (Å²) in [6.07, 6.45) is 11.7. The molecular formula is C31H42N2O3S. The molecule has 1 aliphatic carbocycles. The number of amides is 1. The Morgan fingerprint density at radius 2 is 1.62 bits per heavy atom. The van der Waals surface area contributed by atoms with E-state index < -0.39 is 9.84 Å². The Morgan fingerprint density at radius 3 is 2.22 bits per heavy atom. The number of hydrogen-bond donors (Lipinski definition) is 0. The third-order valence-corrected chi connectivity index (χ3v) is 8.08. The van der Waals surface area contributed by atoms with E-state index >= 15 is 0 Å². The number of anilines is 1. The molecule has 0 bridgehead atoms. The van der Waals surface area contributed by atoms with Crippen molar-refractivity contribution in [2.24, 2.45) is 5.92 Å². The van der Waals surface area contributed by atoms with Crippen LogP contribution in [-0.4, -0.2) is 32.6 Å². The number of carbonyl (C=O) groups is 1. The van der Waals surface area contributed by atoms with Crippen LogP contribution in [0.1, 0.15) is 87.0 Å². The van der Waals surface area contributed by atoms with E-state index in [1.165, 1.54) is 38.4 Å². The highest BCUT2D eigenvalue weighted by Crippen LogP contribution is 2.30. The highest BCUT2D eigenvalue weighted by molar-refractivity contribution is 7.90. The van der Waals surface area contributed by atoms with Crippen molar-refractivity contribution in [2.45, 2.75) is 70.6 Å². The molecule has 0 N–H and O–H groups in total. The molecule has 0 unspecified atom stereocenters. The SMILES string of the molecule is CC.CC1CCCCC1.CN1C(=O)c2ccccc2Cc2cc(Cc3ccc(S(C)(=O)=O)cc3)ncc21.[HH]. The Kier molecular flexibility index (Phi) is 10.0. The molecule has 0 atom stereocenters. The fraction of sp³-hybridized carbons (Fsp3) is 0.419. The summed E-state index contributed by atoms with van der Waals surface area (Å²) in [6, 6.07) is 16.6. The monoisotopic (exact) mass is 522 g/mol. The lowest BCUT2D eigenvalue weighted by Crippen LogP contribution is -2.26. The van der Waals surface area contributed by atoms with Crippen LogP contribution in [0.4, 0.5) is 5.69 Å². The normalized spacial score (nSPS) is 15.3. The molecule has 1 aliphatic heterocycles. The third kappa shape index (κ3) is 7.51. The second-order valence-corrected chi connectivity index (χ2v) is 11.9. The molecule has 0 radical (unpaired) electrons. The minimum atomic E-state index is -3.20. The number of rotatable bonds is 3. The van der Waals surface area contributed by atoms with Crippen LogP contribution in [0, 0.1) is 5.92 Å². The molecule has 1 aromatic heterocycles. The maximum Gasteiger partial charge on any atom is 0.258 e. The zero-order valence-electron chi connectivity index (χ0n) is 22.8. The van der Waals surface area contributed by atoms with Gasteiger partial charge in [-0.05, 0) is 46.9 Å². The summed E-state index contributed by atoms with van der Waals surface area (Å²) in [6.45, 7) is 6.36. The van der Waals surface area contributed by atoms with Crippen molar-refractivity contribution in [1.82, 2.24) is 4.98 Å². The van der Waals surface area contributed by atoms with E-state index in [0.717, 1.165) is 39.6 Å². The largest absolute Gasteiger partial charge is 0.310 e. The van der Waals surface area contributed by atoms with Crippen LogP contribution in [-0.2, 0) is 22.7 Å².